The summed E-state index contributed by atoms with van der Waals surface area (Å²) in [4.78, 5) is 17.4. The number of fused-ring (bicyclic) bond motifs is 1. The standard InChI is InChI=1S/C23H24N2O2/c1-2-27-23(26)21-20(19-11-7-4-8-12-19)13-14-24-15-16-25(22(21)24)17-18-9-5-3-6-10-18/h3-14,20H,2,15-17H2,1H3. The lowest BCUT2D eigenvalue weighted by atomic mass is 9.89. The number of allylic oxidation sites excluding steroid dienone is 1. The molecule has 2 aliphatic rings. The summed E-state index contributed by atoms with van der Waals surface area (Å²) in [6, 6.07) is 20.5. The maximum atomic E-state index is 13.0. The van der Waals surface area contributed by atoms with Gasteiger partial charge < -0.3 is 14.5 Å². The van der Waals surface area contributed by atoms with Crippen LogP contribution in [0.15, 0.2) is 84.3 Å². The van der Waals surface area contributed by atoms with Crippen molar-refractivity contribution in [2.24, 2.45) is 0 Å². The zero-order valence-corrected chi connectivity index (χ0v) is 15.5. The number of hydrogen-bond donors (Lipinski definition) is 0. The lowest BCUT2D eigenvalue weighted by Gasteiger charge is -2.31. The molecule has 0 amide bonds. The molecule has 4 rings (SSSR count). The molecule has 2 aromatic rings. The molecule has 138 valence electrons. The topological polar surface area (TPSA) is 32.8 Å². The predicted octanol–water partition coefficient (Wildman–Crippen LogP) is 3.89. The van der Waals surface area contributed by atoms with Crippen LogP contribution >= 0.6 is 0 Å². The van der Waals surface area contributed by atoms with Crippen molar-refractivity contribution in [3.05, 3.63) is 95.5 Å². The van der Waals surface area contributed by atoms with E-state index in [1.165, 1.54) is 5.56 Å². The van der Waals surface area contributed by atoms with Gasteiger partial charge in [0.1, 0.15) is 5.82 Å². The second-order valence-electron chi connectivity index (χ2n) is 6.79. The minimum Gasteiger partial charge on any atom is -0.463 e. The molecule has 0 saturated carbocycles. The van der Waals surface area contributed by atoms with E-state index in [9.17, 15) is 4.79 Å². The third-order valence-corrected chi connectivity index (χ3v) is 5.06. The number of nitrogens with zero attached hydrogens (tertiary/aromatic N) is 2. The van der Waals surface area contributed by atoms with Gasteiger partial charge in [0.2, 0.25) is 0 Å². The van der Waals surface area contributed by atoms with E-state index in [0.717, 1.165) is 36.6 Å². The number of ether oxygens (including phenoxy) is 1. The van der Waals surface area contributed by atoms with Crippen LogP contribution in [0.2, 0.25) is 0 Å². The Morgan fingerprint density at radius 2 is 1.74 bits per heavy atom. The monoisotopic (exact) mass is 360 g/mol. The van der Waals surface area contributed by atoms with Gasteiger partial charge in [-0.1, -0.05) is 66.7 Å². The van der Waals surface area contributed by atoms with Gasteiger partial charge in [0.25, 0.3) is 0 Å². The van der Waals surface area contributed by atoms with Crippen molar-refractivity contribution in [1.29, 1.82) is 0 Å². The number of esters is 1. The van der Waals surface area contributed by atoms with Gasteiger partial charge >= 0.3 is 5.97 Å². The number of benzene rings is 2. The summed E-state index contributed by atoms with van der Waals surface area (Å²) in [6.07, 6.45) is 4.22. The molecule has 27 heavy (non-hydrogen) atoms. The molecule has 0 spiro atoms. The Hall–Kier alpha value is -3.01. The largest absolute Gasteiger partial charge is 0.463 e. The lowest BCUT2D eigenvalue weighted by molar-refractivity contribution is -0.139. The molecule has 0 aromatic heterocycles. The van der Waals surface area contributed by atoms with E-state index in [2.05, 4.69) is 58.5 Å². The average molecular weight is 360 g/mol. The molecule has 1 atom stereocenters. The molecule has 0 aliphatic carbocycles. The summed E-state index contributed by atoms with van der Waals surface area (Å²) in [5.74, 6) is 0.664. The third-order valence-electron chi connectivity index (χ3n) is 5.06. The number of hydrogen-bond acceptors (Lipinski definition) is 4. The summed E-state index contributed by atoms with van der Waals surface area (Å²) < 4.78 is 5.46. The Morgan fingerprint density at radius 3 is 2.44 bits per heavy atom. The van der Waals surface area contributed by atoms with E-state index in [0.29, 0.717) is 6.61 Å². The highest BCUT2D eigenvalue weighted by Crippen LogP contribution is 2.38. The molecule has 1 fully saturated rings. The van der Waals surface area contributed by atoms with E-state index in [4.69, 9.17) is 4.74 Å². The van der Waals surface area contributed by atoms with Crippen molar-refractivity contribution < 1.29 is 9.53 Å². The molecule has 2 aliphatic heterocycles. The Balaban J connectivity index is 1.75. The smallest absolute Gasteiger partial charge is 0.338 e. The fraction of sp³-hybridized carbons (Fsp3) is 0.261. The van der Waals surface area contributed by atoms with Crippen molar-refractivity contribution in [3.8, 4) is 0 Å². The lowest BCUT2D eigenvalue weighted by Crippen LogP contribution is -2.30. The normalized spacial score (nSPS) is 18.6. The summed E-state index contributed by atoms with van der Waals surface area (Å²) >= 11 is 0. The van der Waals surface area contributed by atoms with Crippen molar-refractivity contribution in [2.75, 3.05) is 19.7 Å². The SMILES string of the molecule is CCOC(=O)C1=C2N(C=CC1c1ccccc1)CCN2Cc1ccccc1. The van der Waals surface area contributed by atoms with Gasteiger partial charge in [-0.3, -0.25) is 0 Å². The summed E-state index contributed by atoms with van der Waals surface area (Å²) in [5, 5.41) is 0. The summed E-state index contributed by atoms with van der Waals surface area (Å²) in [7, 11) is 0. The maximum absolute atomic E-state index is 13.0. The minimum atomic E-state index is -0.226. The second-order valence-corrected chi connectivity index (χ2v) is 6.79. The molecule has 1 unspecified atom stereocenters. The zero-order chi connectivity index (χ0) is 18.6. The highest BCUT2D eigenvalue weighted by Gasteiger charge is 2.37. The Morgan fingerprint density at radius 1 is 1.04 bits per heavy atom. The van der Waals surface area contributed by atoms with Crippen LogP contribution < -0.4 is 0 Å². The maximum Gasteiger partial charge on any atom is 0.338 e. The Kier molecular flexibility index (Phi) is 4.97. The number of carbonyl (C=O) groups excluding carboxylic acids is 1. The van der Waals surface area contributed by atoms with E-state index in [1.807, 2.05) is 31.2 Å². The van der Waals surface area contributed by atoms with Gasteiger partial charge in [0.15, 0.2) is 0 Å². The van der Waals surface area contributed by atoms with E-state index < -0.39 is 0 Å². The third kappa shape index (κ3) is 3.47. The van der Waals surface area contributed by atoms with Crippen molar-refractivity contribution in [3.63, 3.8) is 0 Å². The first-order valence-corrected chi connectivity index (χ1v) is 9.48. The number of carbonyl (C=O) groups is 1. The summed E-state index contributed by atoms with van der Waals surface area (Å²) in [5.41, 5.74) is 3.08. The van der Waals surface area contributed by atoms with Crippen LogP contribution in [0, 0.1) is 0 Å². The van der Waals surface area contributed by atoms with Crippen LogP contribution in [0.4, 0.5) is 0 Å². The Labute approximate surface area is 160 Å². The van der Waals surface area contributed by atoms with Crippen molar-refractivity contribution in [1.82, 2.24) is 9.80 Å². The first-order valence-electron chi connectivity index (χ1n) is 9.48. The van der Waals surface area contributed by atoms with Gasteiger partial charge in [-0.15, -0.1) is 0 Å². The van der Waals surface area contributed by atoms with Gasteiger partial charge in [-0.25, -0.2) is 4.79 Å². The van der Waals surface area contributed by atoms with Gasteiger partial charge in [-0.2, -0.15) is 0 Å². The van der Waals surface area contributed by atoms with Gasteiger partial charge in [0, 0.05) is 31.8 Å². The summed E-state index contributed by atoms with van der Waals surface area (Å²) in [6.45, 7) is 4.78. The molecular weight excluding hydrogens is 336 g/mol. The van der Waals surface area contributed by atoms with Gasteiger partial charge in [-0.05, 0) is 18.1 Å². The molecule has 0 bridgehead atoms. The van der Waals surface area contributed by atoms with Crippen LogP contribution in [0.1, 0.15) is 24.0 Å². The molecule has 0 N–H and O–H groups in total. The van der Waals surface area contributed by atoms with Gasteiger partial charge in [0.05, 0.1) is 12.2 Å². The van der Waals surface area contributed by atoms with Crippen LogP contribution in [0.3, 0.4) is 0 Å². The molecule has 4 heteroatoms. The Bertz CT molecular complexity index is 858. The quantitative estimate of drug-likeness (QED) is 0.758. The molecule has 1 saturated heterocycles. The second kappa shape index (κ2) is 7.70. The molecular formula is C23H24N2O2. The average Bonchev–Trinajstić information content (AvgIpc) is 3.12. The minimum absolute atomic E-state index is 0.0899. The highest BCUT2D eigenvalue weighted by atomic mass is 16.5. The first-order chi connectivity index (χ1) is 13.3. The van der Waals surface area contributed by atoms with E-state index in [1.54, 1.807) is 0 Å². The van der Waals surface area contributed by atoms with Crippen LogP contribution in [-0.2, 0) is 16.1 Å². The predicted molar refractivity (Wildman–Crippen MR) is 106 cm³/mol. The van der Waals surface area contributed by atoms with E-state index >= 15 is 0 Å². The zero-order valence-electron chi connectivity index (χ0n) is 15.5. The molecule has 0 radical (unpaired) electrons. The number of rotatable bonds is 5. The van der Waals surface area contributed by atoms with Crippen LogP contribution in [-0.4, -0.2) is 35.5 Å². The van der Waals surface area contributed by atoms with Crippen molar-refractivity contribution in [2.45, 2.75) is 19.4 Å². The molecule has 4 nitrogen and oxygen atoms in total. The van der Waals surface area contributed by atoms with E-state index in [-0.39, 0.29) is 11.9 Å². The molecule has 2 aromatic carbocycles. The van der Waals surface area contributed by atoms with Crippen LogP contribution in [0.5, 0.6) is 0 Å². The molecule has 2 heterocycles. The fourth-order valence-electron chi connectivity index (χ4n) is 3.84. The highest BCUT2D eigenvalue weighted by molar-refractivity contribution is 5.92. The van der Waals surface area contributed by atoms with Crippen LogP contribution in [0.25, 0.3) is 0 Å². The fourth-order valence-corrected chi connectivity index (χ4v) is 3.84. The first kappa shape index (κ1) is 17.4. The van der Waals surface area contributed by atoms with Crippen molar-refractivity contribution >= 4 is 5.97 Å².